The van der Waals surface area contributed by atoms with Crippen molar-refractivity contribution in [3.8, 4) is 0 Å². The molecule has 1 fully saturated rings. The normalized spacial score (nSPS) is 19.7. The number of amides is 2. The number of nitrogens with one attached hydrogen (secondary N) is 1. The van der Waals surface area contributed by atoms with E-state index >= 15 is 0 Å². The van der Waals surface area contributed by atoms with Crippen LogP contribution in [0.2, 0.25) is 5.02 Å². The molecule has 5 rings (SSSR count). The highest BCUT2D eigenvalue weighted by molar-refractivity contribution is 7.99. The summed E-state index contributed by atoms with van der Waals surface area (Å²) in [6, 6.07) is 21.1. The third-order valence-electron chi connectivity index (χ3n) is 6.75. The maximum atomic E-state index is 13.7. The van der Waals surface area contributed by atoms with Gasteiger partial charge in [0, 0.05) is 26.4 Å². The van der Waals surface area contributed by atoms with Crippen LogP contribution in [0.15, 0.2) is 76.5 Å². The van der Waals surface area contributed by atoms with E-state index in [1.165, 1.54) is 6.42 Å². The second-order valence-corrected chi connectivity index (χ2v) is 10.7. The van der Waals surface area contributed by atoms with Crippen molar-refractivity contribution >= 4 is 40.9 Å². The summed E-state index contributed by atoms with van der Waals surface area (Å²) in [4.78, 5) is 30.5. The lowest BCUT2D eigenvalue weighted by Gasteiger charge is -2.29. The van der Waals surface area contributed by atoms with Gasteiger partial charge in [-0.1, -0.05) is 67.4 Å². The smallest absolute Gasteiger partial charge is 0.259 e. The van der Waals surface area contributed by atoms with Crippen LogP contribution in [0.25, 0.3) is 0 Å². The molecule has 1 heterocycles. The lowest BCUT2D eigenvalue weighted by atomic mass is 9.86. The molecule has 0 spiro atoms. The summed E-state index contributed by atoms with van der Waals surface area (Å²) in [6.45, 7) is 2.58. The summed E-state index contributed by atoms with van der Waals surface area (Å²) in [5.74, 6) is 0.313. The van der Waals surface area contributed by atoms with Crippen LogP contribution in [0.1, 0.15) is 58.9 Å². The van der Waals surface area contributed by atoms with Crippen molar-refractivity contribution in [2.75, 3.05) is 4.90 Å². The molecular weight excluding hydrogens is 464 g/mol. The van der Waals surface area contributed by atoms with Gasteiger partial charge in [0.05, 0.1) is 17.8 Å². The molecule has 174 valence electrons. The van der Waals surface area contributed by atoms with Crippen LogP contribution in [0.4, 0.5) is 5.69 Å². The number of nitrogens with zero attached hydrogens (tertiary/aromatic N) is 1. The maximum Gasteiger partial charge on any atom is 0.259 e. The van der Waals surface area contributed by atoms with Crippen LogP contribution in [0.3, 0.4) is 0 Å². The van der Waals surface area contributed by atoms with E-state index in [0.717, 1.165) is 40.3 Å². The largest absolute Gasteiger partial charge is 0.349 e. The topological polar surface area (TPSA) is 49.4 Å². The van der Waals surface area contributed by atoms with Crippen molar-refractivity contribution in [1.29, 1.82) is 0 Å². The number of hydrogen-bond acceptors (Lipinski definition) is 3. The minimum absolute atomic E-state index is 0.0801. The Balaban J connectivity index is 1.52. The van der Waals surface area contributed by atoms with Crippen LogP contribution in [0.5, 0.6) is 0 Å². The number of halogens is 1. The van der Waals surface area contributed by atoms with Gasteiger partial charge in [-0.05, 0) is 66.8 Å². The molecule has 0 unspecified atom stereocenters. The molecule has 3 aromatic carbocycles. The second kappa shape index (κ2) is 9.85. The fourth-order valence-corrected chi connectivity index (χ4v) is 6.09. The minimum atomic E-state index is -0.0831. The van der Waals surface area contributed by atoms with Gasteiger partial charge in [0.15, 0.2) is 0 Å². The van der Waals surface area contributed by atoms with Crippen molar-refractivity contribution in [2.45, 2.75) is 55.0 Å². The molecular formula is C28H27ClN2O2S. The molecule has 0 saturated heterocycles. The molecule has 3 aromatic rings. The summed E-state index contributed by atoms with van der Waals surface area (Å²) in [6.07, 6.45) is 4.54. The first-order chi connectivity index (χ1) is 16.5. The summed E-state index contributed by atoms with van der Waals surface area (Å²) >= 11 is 7.78. The molecule has 1 N–H and O–H groups in total. The van der Waals surface area contributed by atoms with E-state index in [9.17, 15) is 9.59 Å². The number of hydrogen-bond donors (Lipinski definition) is 1. The molecule has 0 aromatic heterocycles. The lowest BCUT2D eigenvalue weighted by Crippen LogP contribution is -2.41. The molecule has 0 radical (unpaired) electrons. The first kappa shape index (κ1) is 23.0. The molecule has 1 saturated carbocycles. The Morgan fingerprint density at radius 3 is 2.68 bits per heavy atom. The van der Waals surface area contributed by atoms with E-state index in [4.69, 9.17) is 11.6 Å². The van der Waals surface area contributed by atoms with Crippen LogP contribution in [0, 0.1) is 5.92 Å². The van der Waals surface area contributed by atoms with Crippen molar-refractivity contribution in [2.24, 2.45) is 5.92 Å². The maximum absolute atomic E-state index is 13.7. The van der Waals surface area contributed by atoms with Gasteiger partial charge in [0.1, 0.15) is 0 Å². The number of rotatable bonds is 4. The van der Waals surface area contributed by atoms with E-state index < -0.39 is 0 Å². The van der Waals surface area contributed by atoms with Gasteiger partial charge in [0.2, 0.25) is 0 Å². The van der Waals surface area contributed by atoms with E-state index in [1.807, 2.05) is 66.7 Å². The molecule has 2 atom stereocenters. The van der Waals surface area contributed by atoms with Gasteiger partial charge in [-0.2, -0.15) is 0 Å². The molecule has 4 nitrogen and oxygen atoms in total. The number of carbonyl (C=O) groups is 2. The Hall–Kier alpha value is -2.76. The number of fused-ring (bicyclic) bond motifs is 2. The predicted molar refractivity (Wildman–Crippen MR) is 138 cm³/mol. The molecule has 1 aliphatic heterocycles. The quantitative estimate of drug-likeness (QED) is 0.430. The zero-order chi connectivity index (χ0) is 23.7. The molecule has 0 bridgehead atoms. The minimum Gasteiger partial charge on any atom is -0.349 e. The van der Waals surface area contributed by atoms with Gasteiger partial charge in [-0.25, -0.2) is 0 Å². The van der Waals surface area contributed by atoms with Gasteiger partial charge >= 0.3 is 0 Å². The highest BCUT2D eigenvalue weighted by atomic mass is 35.5. The van der Waals surface area contributed by atoms with Gasteiger partial charge < -0.3 is 10.2 Å². The summed E-state index contributed by atoms with van der Waals surface area (Å²) in [7, 11) is 0. The highest BCUT2D eigenvalue weighted by Gasteiger charge is 2.29. The SMILES string of the molecule is C[C@H]1CCCC[C@@H]1NC(=O)c1ccc2c(c1)N(Cc1cccc(Cl)c1)C(=O)c1ccccc1S2. The molecule has 34 heavy (non-hydrogen) atoms. The van der Waals surface area contributed by atoms with Crippen molar-refractivity contribution < 1.29 is 9.59 Å². The van der Waals surface area contributed by atoms with Gasteiger partial charge in [-0.15, -0.1) is 0 Å². The van der Waals surface area contributed by atoms with E-state index in [0.29, 0.717) is 28.6 Å². The standard InChI is InChI=1S/C28H27ClN2O2S/c1-18-7-2-4-11-23(18)30-27(32)20-13-14-26-24(16-20)31(17-19-8-6-9-21(29)15-19)28(33)22-10-3-5-12-25(22)34-26/h3,5-6,8-10,12-16,18,23H,2,4,7,11,17H2,1H3,(H,30,32)/t18-,23-/m0/s1. The Morgan fingerprint density at radius 1 is 1.03 bits per heavy atom. The van der Waals surface area contributed by atoms with Crippen molar-refractivity contribution in [3.05, 3.63) is 88.4 Å². The van der Waals surface area contributed by atoms with Crippen molar-refractivity contribution in [1.82, 2.24) is 5.32 Å². The van der Waals surface area contributed by atoms with E-state index in [2.05, 4.69) is 12.2 Å². The first-order valence-electron chi connectivity index (χ1n) is 11.8. The van der Waals surface area contributed by atoms with Crippen LogP contribution in [-0.2, 0) is 6.54 Å². The average Bonchev–Trinajstić information content (AvgIpc) is 2.95. The van der Waals surface area contributed by atoms with Crippen LogP contribution in [-0.4, -0.2) is 17.9 Å². The monoisotopic (exact) mass is 490 g/mol. The van der Waals surface area contributed by atoms with E-state index in [-0.39, 0.29) is 17.9 Å². The Kier molecular flexibility index (Phi) is 6.66. The Morgan fingerprint density at radius 2 is 1.85 bits per heavy atom. The first-order valence-corrected chi connectivity index (χ1v) is 13.0. The molecule has 1 aliphatic carbocycles. The molecule has 2 amide bonds. The summed E-state index contributed by atoms with van der Waals surface area (Å²) in [5, 5.41) is 3.87. The Bertz CT molecular complexity index is 1240. The Labute approximate surface area is 209 Å². The number of carbonyl (C=O) groups excluding carboxylic acids is 2. The van der Waals surface area contributed by atoms with E-state index in [1.54, 1.807) is 16.7 Å². The molecule has 6 heteroatoms. The molecule has 2 aliphatic rings. The van der Waals surface area contributed by atoms with Gasteiger partial charge in [-0.3, -0.25) is 9.59 Å². The van der Waals surface area contributed by atoms with Crippen molar-refractivity contribution in [3.63, 3.8) is 0 Å². The number of benzene rings is 3. The van der Waals surface area contributed by atoms with Crippen LogP contribution < -0.4 is 10.2 Å². The lowest BCUT2D eigenvalue weighted by molar-refractivity contribution is 0.0908. The summed E-state index contributed by atoms with van der Waals surface area (Å²) in [5.41, 5.74) is 2.91. The van der Waals surface area contributed by atoms with Gasteiger partial charge in [0.25, 0.3) is 11.8 Å². The zero-order valence-electron chi connectivity index (χ0n) is 19.1. The fourth-order valence-electron chi connectivity index (χ4n) is 4.82. The van der Waals surface area contributed by atoms with Crippen LogP contribution >= 0.6 is 23.4 Å². The highest BCUT2D eigenvalue weighted by Crippen LogP contribution is 2.42. The zero-order valence-corrected chi connectivity index (χ0v) is 20.7. The predicted octanol–water partition coefficient (Wildman–Crippen LogP) is 6.96. The third-order valence-corrected chi connectivity index (χ3v) is 8.13. The summed E-state index contributed by atoms with van der Waals surface area (Å²) < 4.78 is 0. The number of anilines is 1. The fraction of sp³-hybridized carbons (Fsp3) is 0.286. The average molecular weight is 491 g/mol. The second-order valence-electron chi connectivity index (χ2n) is 9.14. The third kappa shape index (κ3) is 4.73.